The van der Waals surface area contributed by atoms with Gasteiger partial charge in [-0.15, -0.1) is 0 Å². The average molecular weight is 747 g/mol. The van der Waals surface area contributed by atoms with Gasteiger partial charge in [-0.05, 0) is 51.4 Å². The molecule has 1 unspecified atom stereocenters. The number of carbonyl (C=O) groups is 3. The van der Waals surface area contributed by atoms with E-state index in [4.69, 9.17) is 14.2 Å². The topological polar surface area (TPSA) is 78.9 Å². The minimum atomic E-state index is -0.765. The summed E-state index contributed by atoms with van der Waals surface area (Å²) in [5.41, 5.74) is 0. The molecule has 53 heavy (non-hydrogen) atoms. The predicted octanol–water partition coefficient (Wildman–Crippen LogP) is 14.4. The first-order valence-corrected chi connectivity index (χ1v) is 22.8. The van der Waals surface area contributed by atoms with Crippen molar-refractivity contribution in [2.24, 2.45) is 0 Å². The van der Waals surface area contributed by atoms with E-state index < -0.39 is 6.10 Å². The Labute approximate surface area is 328 Å². The Hall–Kier alpha value is -2.11. The molecule has 1 atom stereocenters. The fourth-order valence-corrected chi connectivity index (χ4v) is 6.47. The molecule has 0 N–H and O–H groups in total. The van der Waals surface area contributed by atoms with Gasteiger partial charge in [0.2, 0.25) is 0 Å². The predicted molar refractivity (Wildman–Crippen MR) is 224 cm³/mol. The van der Waals surface area contributed by atoms with Crippen LogP contribution >= 0.6 is 0 Å². The van der Waals surface area contributed by atoms with Gasteiger partial charge in [-0.25, -0.2) is 0 Å². The van der Waals surface area contributed by atoms with E-state index in [1.807, 2.05) is 0 Å². The van der Waals surface area contributed by atoms with Crippen LogP contribution in [0.2, 0.25) is 0 Å². The van der Waals surface area contributed by atoms with Crippen LogP contribution in [0, 0.1) is 0 Å². The summed E-state index contributed by atoms with van der Waals surface area (Å²) in [6.07, 6.45) is 46.0. The maximum Gasteiger partial charge on any atom is 0.306 e. The van der Waals surface area contributed by atoms with E-state index in [0.717, 1.165) is 70.6 Å². The van der Waals surface area contributed by atoms with Crippen molar-refractivity contribution in [2.45, 2.75) is 245 Å². The number of ether oxygens (including phenoxy) is 3. The average Bonchev–Trinajstić information content (AvgIpc) is 3.15. The summed E-state index contributed by atoms with van der Waals surface area (Å²) in [5.74, 6) is -0.882. The zero-order chi connectivity index (χ0) is 38.7. The zero-order valence-electron chi connectivity index (χ0n) is 35.3. The lowest BCUT2D eigenvalue weighted by atomic mass is 10.1. The lowest BCUT2D eigenvalue weighted by molar-refractivity contribution is -0.167. The van der Waals surface area contributed by atoms with Crippen molar-refractivity contribution in [1.82, 2.24) is 0 Å². The van der Waals surface area contributed by atoms with E-state index in [1.165, 1.54) is 128 Å². The smallest absolute Gasteiger partial charge is 0.306 e. The van der Waals surface area contributed by atoms with Gasteiger partial charge in [-0.2, -0.15) is 0 Å². The van der Waals surface area contributed by atoms with Crippen LogP contribution in [0.5, 0.6) is 0 Å². The third-order valence-electron chi connectivity index (χ3n) is 9.96. The van der Waals surface area contributed by atoms with Crippen LogP contribution in [0.4, 0.5) is 0 Å². The summed E-state index contributed by atoms with van der Waals surface area (Å²) >= 11 is 0. The fourth-order valence-electron chi connectivity index (χ4n) is 6.47. The van der Waals surface area contributed by atoms with E-state index >= 15 is 0 Å². The van der Waals surface area contributed by atoms with Gasteiger partial charge < -0.3 is 14.2 Å². The monoisotopic (exact) mass is 747 g/mol. The molecular weight excluding hydrogens is 661 g/mol. The first-order valence-electron chi connectivity index (χ1n) is 22.8. The Balaban J connectivity index is 4.24. The molecule has 6 heteroatoms. The van der Waals surface area contributed by atoms with Crippen LogP contribution in [0.25, 0.3) is 0 Å². The molecule has 0 aromatic carbocycles. The first kappa shape index (κ1) is 50.9. The van der Waals surface area contributed by atoms with E-state index in [2.05, 4.69) is 45.1 Å². The summed E-state index contributed by atoms with van der Waals surface area (Å²) in [4.78, 5) is 37.5. The Morgan fingerprint density at radius 1 is 0.377 bits per heavy atom. The zero-order valence-corrected chi connectivity index (χ0v) is 35.3. The molecule has 0 aliphatic heterocycles. The fraction of sp³-hybridized carbons (Fsp3) is 0.851. The molecule has 6 nitrogen and oxygen atoms in total. The van der Waals surface area contributed by atoms with E-state index in [-0.39, 0.29) is 31.1 Å². The lowest BCUT2D eigenvalue weighted by Crippen LogP contribution is -2.30. The van der Waals surface area contributed by atoms with Gasteiger partial charge in [0.25, 0.3) is 0 Å². The van der Waals surface area contributed by atoms with Gasteiger partial charge in [0, 0.05) is 19.3 Å². The quantitative estimate of drug-likeness (QED) is 0.0268. The Morgan fingerprint density at radius 2 is 0.679 bits per heavy atom. The molecule has 0 heterocycles. The second kappa shape index (κ2) is 42.6. The summed E-state index contributed by atoms with van der Waals surface area (Å²) in [6.45, 7) is 6.56. The van der Waals surface area contributed by atoms with E-state index in [1.54, 1.807) is 0 Å². The maximum atomic E-state index is 12.6. The second-order valence-electron chi connectivity index (χ2n) is 15.3. The molecule has 0 saturated carbocycles. The molecule has 0 bridgehead atoms. The number of hydrogen-bond acceptors (Lipinski definition) is 6. The summed E-state index contributed by atoms with van der Waals surface area (Å²) < 4.78 is 16.6. The summed E-state index contributed by atoms with van der Waals surface area (Å²) in [5, 5.41) is 0. The highest BCUT2D eigenvalue weighted by atomic mass is 16.6. The molecule has 0 amide bonds. The standard InChI is InChI=1S/C47H86O6/c1-4-7-10-13-16-18-20-21-22-23-24-25-26-27-29-31-34-37-40-46(49)52-43-44(42-51-45(48)39-36-33-30-15-12-9-6-3)53-47(50)41-38-35-32-28-19-17-14-11-8-5-2/h18,20,22-23,44H,4-17,19,21,24-43H2,1-3H3/b20-18-,23-22-. The van der Waals surface area contributed by atoms with Crippen molar-refractivity contribution >= 4 is 17.9 Å². The number of unbranched alkanes of at least 4 members (excludes halogenated alkanes) is 26. The third-order valence-corrected chi connectivity index (χ3v) is 9.96. The van der Waals surface area contributed by atoms with Gasteiger partial charge >= 0.3 is 17.9 Å². The molecular formula is C47H86O6. The van der Waals surface area contributed by atoms with Crippen molar-refractivity contribution in [3.8, 4) is 0 Å². The van der Waals surface area contributed by atoms with Crippen molar-refractivity contribution in [1.29, 1.82) is 0 Å². The highest BCUT2D eigenvalue weighted by Gasteiger charge is 2.19. The normalized spacial score (nSPS) is 12.1. The van der Waals surface area contributed by atoms with E-state index in [9.17, 15) is 14.4 Å². The molecule has 0 fully saturated rings. The molecule has 0 aliphatic carbocycles. The van der Waals surface area contributed by atoms with Crippen LogP contribution in [0.15, 0.2) is 24.3 Å². The Bertz CT molecular complexity index is 865. The number of allylic oxidation sites excluding steroid dienone is 4. The SMILES string of the molecule is CCCCCC/C=C\C/C=C\CCCCCCCCCC(=O)OCC(COC(=O)CCCCCCCCC)OC(=O)CCCCCCCCCCCC. The van der Waals surface area contributed by atoms with Crippen LogP contribution in [0.3, 0.4) is 0 Å². The van der Waals surface area contributed by atoms with E-state index in [0.29, 0.717) is 19.3 Å². The van der Waals surface area contributed by atoms with Crippen molar-refractivity contribution in [3.63, 3.8) is 0 Å². The van der Waals surface area contributed by atoms with Gasteiger partial charge in [-0.1, -0.05) is 193 Å². The number of carbonyl (C=O) groups excluding carboxylic acids is 3. The Kier molecular flexibility index (Phi) is 40.9. The summed E-state index contributed by atoms with van der Waals surface area (Å²) in [7, 11) is 0. The molecule has 0 spiro atoms. The third kappa shape index (κ3) is 40.9. The minimum Gasteiger partial charge on any atom is -0.462 e. The van der Waals surface area contributed by atoms with Gasteiger partial charge in [0.1, 0.15) is 13.2 Å². The molecule has 0 saturated heterocycles. The van der Waals surface area contributed by atoms with Gasteiger partial charge in [-0.3, -0.25) is 14.4 Å². The first-order chi connectivity index (χ1) is 26.0. The molecule has 0 radical (unpaired) electrons. The maximum absolute atomic E-state index is 12.6. The van der Waals surface area contributed by atoms with Crippen molar-refractivity contribution in [2.75, 3.05) is 13.2 Å². The van der Waals surface area contributed by atoms with Crippen LogP contribution in [0.1, 0.15) is 239 Å². The van der Waals surface area contributed by atoms with Crippen LogP contribution < -0.4 is 0 Å². The number of rotatable bonds is 41. The van der Waals surface area contributed by atoms with Crippen molar-refractivity contribution in [3.05, 3.63) is 24.3 Å². The largest absolute Gasteiger partial charge is 0.462 e. The van der Waals surface area contributed by atoms with Crippen LogP contribution in [-0.4, -0.2) is 37.2 Å². The minimum absolute atomic E-state index is 0.0710. The highest BCUT2D eigenvalue weighted by Crippen LogP contribution is 2.14. The van der Waals surface area contributed by atoms with Gasteiger partial charge in [0.15, 0.2) is 6.10 Å². The molecule has 0 rings (SSSR count). The highest BCUT2D eigenvalue weighted by molar-refractivity contribution is 5.71. The van der Waals surface area contributed by atoms with Crippen molar-refractivity contribution < 1.29 is 28.6 Å². The number of hydrogen-bond donors (Lipinski definition) is 0. The molecule has 310 valence electrons. The lowest BCUT2D eigenvalue weighted by Gasteiger charge is -2.18. The Morgan fingerprint density at radius 3 is 1.06 bits per heavy atom. The second-order valence-corrected chi connectivity index (χ2v) is 15.3. The molecule has 0 aromatic heterocycles. The molecule has 0 aromatic rings. The number of esters is 3. The van der Waals surface area contributed by atoms with Crippen LogP contribution in [-0.2, 0) is 28.6 Å². The molecule has 0 aliphatic rings. The van der Waals surface area contributed by atoms with Gasteiger partial charge in [0.05, 0.1) is 0 Å². The summed E-state index contributed by atoms with van der Waals surface area (Å²) in [6, 6.07) is 0.